The van der Waals surface area contributed by atoms with Gasteiger partial charge in [-0.15, -0.1) is 0 Å². The summed E-state index contributed by atoms with van der Waals surface area (Å²) < 4.78 is 1.36. The summed E-state index contributed by atoms with van der Waals surface area (Å²) in [6, 6.07) is 0. The number of hydrogen-bond acceptors (Lipinski definition) is 1. The van der Waals surface area contributed by atoms with E-state index >= 15 is 0 Å². The van der Waals surface area contributed by atoms with Crippen molar-refractivity contribution in [2.75, 3.05) is 0 Å². The van der Waals surface area contributed by atoms with Crippen LogP contribution in [0.5, 0.6) is 0 Å². The second-order valence-corrected chi connectivity index (χ2v) is 8.27. The SMILES string of the molecule is CCCCCCCCCCC[CH2][Mn](=[C]=O)[C]1=CC=CC1. The maximum absolute atomic E-state index is 11.0. The Morgan fingerprint density at radius 1 is 1.00 bits per heavy atom. The summed E-state index contributed by atoms with van der Waals surface area (Å²) in [5.74, 6) is 0. The van der Waals surface area contributed by atoms with Crippen molar-refractivity contribution in [1.29, 1.82) is 0 Å². The average molecular weight is 317 g/mol. The summed E-state index contributed by atoms with van der Waals surface area (Å²) in [5, 5.41) is 1.10. The van der Waals surface area contributed by atoms with Crippen molar-refractivity contribution in [3.63, 3.8) is 0 Å². The van der Waals surface area contributed by atoms with Gasteiger partial charge in [0.25, 0.3) is 0 Å². The van der Waals surface area contributed by atoms with E-state index < -0.39 is 13.5 Å². The first-order valence-corrected chi connectivity index (χ1v) is 10.3. The Bertz CT molecular complexity index is 362. The van der Waals surface area contributed by atoms with Crippen LogP contribution in [0.1, 0.15) is 77.6 Å². The average Bonchev–Trinajstić information content (AvgIpc) is 2.99. The number of unbranched alkanes of at least 4 members (excludes halogenated alkanes) is 9. The third-order valence-electron chi connectivity index (χ3n) is 3.79. The molecule has 1 nitrogen and oxygen atoms in total. The van der Waals surface area contributed by atoms with E-state index in [2.05, 4.69) is 29.9 Å². The van der Waals surface area contributed by atoms with E-state index in [-0.39, 0.29) is 0 Å². The first-order chi connectivity index (χ1) is 9.88. The van der Waals surface area contributed by atoms with E-state index in [9.17, 15) is 4.79 Å². The van der Waals surface area contributed by atoms with Gasteiger partial charge in [-0.05, 0) is 0 Å². The van der Waals surface area contributed by atoms with E-state index in [1.54, 1.807) is 0 Å². The van der Waals surface area contributed by atoms with Crippen LogP contribution in [0.25, 0.3) is 0 Å². The molecule has 0 fully saturated rings. The number of carbonyl (C=O) groups excluding carboxylic acids is 1. The first kappa shape index (κ1) is 17.6. The van der Waals surface area contributed by atoms with Gasteiger partial charge in [-0.25, -0.2) is 0 Å². The predicted octanol–water partition coefficient (Wildman–Crippen LogP) is 5.85. The molecule has 1 aliphatic rings. The predicted molar refractivity (Wildman–Crippen MR) is 84.2 cm³/mol. The third-order valence-corrected chi connectivity index (χ3v) is 6.44. The van der Waals surface area contributed by atoms with E-state index in [1.165, 1.54) is 68.7 Å². The zero-order chi connectivity index (χ0) is 14.5. The number of hydrogen-bond donors (Lipinski definition) is 0. The van der Waals surface area contributed by atoms with Crippen LogP contribution in [-0.2, 0) is 18.3 Å². The molecule has 115 valence electrons. The van der Waals surface area contributed by atoms with Crippen molar-refractivity contribution in [2.24, 2.45) is 0 Å². The molecule has 0 amide bonds. The van der Waals surface area contributed by atoms with Crippen molar-refractivity contribution in [3.8, 4) is 0 Å². The van der Waals surface area contributed by atoms with Crippen LogP contribution >= 0.6 is 0 Å². The summed E-state index contributed by atoms with van der Waals surface area (Å²) in [6.07, 6.45) is 21.0. The van der Waals surface area contributed by atoms with Gasteiger partial charge < -0.3 is 0 Å². The van der Waals surface area contributed by atoms with Gasteiger partial charge in [-0.3, -0.25) is 0 Å². The van der Waals surface area contributed by atoms with Crippen molar-refractivity contribution in [3.05, 3.63) is 22.7 Å². The van der Waals surface area contributed by atoms with Crippen molar-refractivity contribution < 1.29 is 18.3 Å². The molecule has 0 saturated heterocycles. The minimum atomic E-state index is -0.999. The van der Waals surface area contributed by atoms with Crippen LogP contribution in [0.15, 0.2) is 22.7 Å². The Labute approximate surface area is 129 Å². The van der Waals surface area contributed by atoms with Crippen molar-refractivity contribution >= 4 is 4.79 Å². The molecule has 1 aliphatic carbocycles. The molecule has 0 aliphatic heterocycles. The Morgan fingerprint density at radius 2 is 1.60 bits per heavy atom. The second-order valence-electron chi connectivity index (χ2n) is 5.56. The normalized spacial score (nSPS) is 13.8. The maximum atomic E-state index is 11.0. The van der Waals surface area contributed by atoms with Gasteiger partial charge in [0.05, 0.1) is 0 Å². The number of allylic oxidation sites excluding steroid dienone is 4. The Kier molecular flexibility index (Phi) is 10.9. The Morgan fingerprint density at radius 3 is 2.10 bits per heavy atom. The van der Waals surface area contributed by atoms with E-state index in [0.717, 1.165) is 11.7 Å². The van der Waals surface area contributed by atoms with Gasteiger partial charge >= 0.3 is 129 Å². The van der Waals surface area contributed by atoms with Crippen LogP contribution in [0.3, 0.4) is 0 Å². The molecular weight excluding hydrogens is 287 g/mol. The minimum absolute atomic E-state index is 0.999. The van der Waals surface area contributed by atoms with Crippen LogP contribution in [0, 0.1) is 0 Å². The standard InChI is InChI=1S/C12H25.C5H5.CO.Mn/c1-3-5-7-9-11-12-10-8-6-4-2;1-2-4-5-3-1;1-2;/h1,3-12H2,2H3;1-3H,4H2;;. The van der Waals surface area contributed by atoms with E-state index in [0.29, 0.717) is 0 Å². The van der Waals surface area contributed by atoms with E-state index in [4.69, 9.17) is 0 Å². The van der Waals surface area contributed by atoms with Gasteiger partial charge in [0.2, 0.25) is 0 Å². The molecule has 0 saturated carbocycles. The quantitative estimate of drug-likeness (QED) is 0.326. The monoisotopic (exact) mass is 317 g/mol. The summed E-state index contributed by atoms with van der Waals surface area (Å²) in [6.45, 7) is 2.27. The second kappa shape index (κ2) is 12.3. The Hall–Kier alpha value is -0.421. The fourth-order valence-electron chi connectivity index (χ4n) is 2.52. The van der Waals surface area contributed by atoms with Crippen molar-refractivity contribution in [1.82, 2.24) is 0 Å². The third kappa shape index (κ3) is 8.00. The molecule has 1 rings (SSSR count). The summed E-state index contributed by atoms with van der Waals surface area (Å²) in [7, 11) is 0. The topological polar surface area (TPSA) is 17.1 Å². The van der Waals surface area contributed by atoms with Gasteiger partial charge in [-0.2, -0.15) is 0 Å². The first-order valence-electron chi connectivity index (χ1n) is 8.27. The fourth-order valence-corrected chi connectivity index (χ4v) is 4.66. The summed E-state index contributed by atoms with van der Waals surface area (Å²) >= 11 is -0.999. The van der Waals surface area contributed by atoms with Crippen LogP contribution < -0.4 is 0 Å². The molecule has 0 aromatic rings. The van der Waals surface area contributed by atoms with Gasteiger partial charge in [-0.1, -0.05) is 0 Å². The zero-order valence-corrected chi connectivity index (χ0v) is 14.2. The van der Waals surface area contributed by atoms with E-state index in [1.807, 2.05) is 0 Å². The fraction of sp³-hybridized carbons (Fsp3) is 0.722. The van der Waals surface area contributed by atoms with Crippen LogP contribution in [0.4, 0.5) is 0 Å². The molecule has 0 aromatic heterocycles. The van der Waals surface area contributed by atoms with Crippen molar-refractivity contribution in [2.45, 2.75) is 82.9 Å². The summed E-state index contributed by atoms with van der Waals surface area (Å²) in [5.41, 5.74) is 0. The molecular formula is C18H30MnO. The van der Waals surface area contributed by atoms with Crippen LogP contribution in [0.2, 0.25) is 5.32 Å². The molecule has 0 unspecified atom stereocenters. The molecule has 0 heterocycles. The molecule has 0 bridgehead atoms. The number of rotatable bonds is 12. The van der Waals surface area contributed by atoms with Crippen LogP contribution in [-0.4, -0.2) is 4.79 Å². The molecule has 0 N–H and O–H groups in total. The van der Waals surface area contributed by atoms with Gasteiger partial charge in [0, 0.05) is 0 Å². The van der Waals surface area contributed by atoms with Gasteiger partial charge in [0.15, 0.2) is 0 Å². The molecule has 20 heavy (non-hydrogen) atoms. The molecule has 2 heteroatoms. The Balaban J connectivity index is 1.93. The molecule has 0 aromatic carbocycles. The van der Waals surface area contributed by atoms with Gasteiger partial charge in [0.1, 0.15) is 0 Å². The summed E-state index contributed by atoms with van der Waals surface area (Å²) in [4.78, 5) is 13.4. The molecule has 0 radical (unpaired) electrons. The zero-order valence-electron chi connectivity index (χ0n) is 13.0. The molecule has 0 spiro atoms. The molecule has 0 atom stereocenters.